The van der Waals surface area contributed by atoms with Gasteiger partial charge in [-0.3, -0.25) is 0 Å². The van der Waals surface area contributed by atoms with Crippen molar-refractivity contribution in [3.05, 3.63) is 27.2 Å². The molecule has 3 nitrogen and oxygen atoms in total. The summed E-state index contributed by atoms with van der Waals surface area (Å²) in [6, 6.07) is 2.29. The summed E-state index contributed by atoms with van der Waals surface area (Å²) >= 11 is 3.61. The molecular formula is C12H16BrNO2. The molecule has 1 aromatic carbocycles. The predicted molar refractivity (Wildman–Crippen MR) is 66.6 cm³/mol. The second kappa shape index (κ2) is 4.73. The normalized spacial score (nSPS) is 19.1. The molecule has 1 aliphatic heterocycles. The van der Waals surface area contributed by atoms with Gasteiger partial charge in [0.05, 0.1) is 19.8 Å². The van der Waals surface area contributed by atoms with Crippen LogP contribution in [0.4, 0.5) is 0 Å². The molecule has 1 unspecified atom stereocenters. The summed E-state index contributed by atoms with van der Waals surface area (Å²) in [4.78, 5) is 5.04. The maximum atomic E-state index is 5.70. The molecule has 0 fully saturated rings. The maximum Gasteiger partial charge on any atom is 0.124 e. The van der Waals surface area contributed by atoms with Crippen LogP contribution >= 0.6 is 15.9 Å². The molecule has 0 bridgehead atoms. The van der Waals surface area contributed by atoms with Gasteiger partial charge in [-0.1, -0.05) is 15.9 Å². The van der Waals surface area contributed by atoms with E-state index in [1.807, 2.05) is 0 Å². The zero-order chi connectivity index (χ0) is 11.7. The molecule has 16 heavy (non-hydrogen) atoms. The van der Waals surface area contributed by atoms with Gasteiger partial charge in [0.25, 0.3) is 0 Å². The molecule has 0 saturated carbocycles. The molecule has 0 saturated heterocycles. The van der Waals surface area contributed by atoms with E-state index in [-0.39, 0.29) is 6.04 Å². The average Bonchev–Trinajstić information content (AvgIpc) is 2.26. The van der Waals surface area contributed by atoms with E-state index in [1.54, 1.807) is 7.11 Å². The van der Waals surface area contributed by atoms with E-state index >= 15 is 0 Å². The monoisotopic (exact) mass is 285 g/mol. The largest absolute Gasteiger partial charge is 0.493 e. The standard InChI is InChI=1S/C12H16BrNO2/c1-7-6-10-11(8(2)12(7)13)9(14-15-3)4-5-16-10/h6,9,14H,4-5H2,1-3H3. The van der Waals surface area contributed by atoms with Gasteiger partial charge in [-0.15, -0.1) is 0 Å². The minimum Gasteiger partial charge on any atom is -0.493 e. The molecular weight excluding hydrogens is 270 g/mol. The van der Waals surface area contributed by atoms with E-state index in [4.69, 9.17) is 9.57 Å². The summed E-state index contributed by atoms with van der Waals surface area (Å²) in [6.07, 6.45) is 0.928. The first-order valence-electron chi connectivity index (χ1n) is 5.36. The molecule has 2 rings (SSSR count). The van der Waals surface area contributed by atoms with Crippen LogP contribution in [0, 0.1) is 13.8 Å². The van der Waals surface area contributed by atoms with Crippen molar-refractivity contribution >= 4 is 15.9 Å². The van der Waals surface area contributed by atoms with Gasteiger partial charge in [0.15, 0.2) is 0 Å². The van der Waals surface area contributed by atoms with Gasteiger partial charge in [-0.05, 0) is 31.0 Å². The lowest BCUT2D eigenvalue weighted by molar-refractivity contribution is 0.0460. The fourth-order valence-corrected chi connectivity index (χ4v) is 2.51. The van der Waals surface area contributed by atoms with E-state index in [1.165, 1.54) is 16.7 Å². The molecule has 1 atom stereocenters. The number of hydrogen-bond donors (Lipinski definition) is 1. The minimum atomic E-state index is 0.214. The van der Waals surface area contributed by atoms with Crippen molar-refractivity contribution in [2.75, 3.05) is 13.7 Å². The topological polar surface area (TPSA) is 30.5 Å². The van der Waals surface area contributed by atoms with E-state index in [9.17, 15) is 0 Å². The third-order valence-corrected chi connectivity index (χ3v) is 4.19. The highest BCUT2D eigenvalue weighted by molar-refractivity contribution is 9.10. The third-order valence-electron chi connectivity index (χ3n) is 2.97. The van der Waals surface area contributed by atoms with Gasteiger partial charge >= 0.3 is 0 Å². The molecule has 1 N–H and O–H groups in total. The number of rotatable bonds is 2. The van der Waals surface area contributed by atoms with Gasteiger partial charge in [0.2, 0.25) is 0 Å². The quantitative estimate of drug-likeness (QED) is 0.848. The molecule has 0 spiro atoms. The van der Waals surface area contributed by atoms with E-state index in [0.29, 0.717) is 0 Å². The Balaban J connectivity index is 2.50. The Morgan fingerprint density at radius 1 is 1.50 bits per heavy atom. The van der Waals surface area contributed by atoms with Crippen LogP contribution in [0.3, 0.4) is 0 Å². The highest BCUT2D eigenvalue weighted by Gasteiger charge is 2.25. The zero-order valence-electron chi connectivity index (χ0n) is 9.76. The first kappa shape index (κ1) is 11.9. The fourth-order valence-electron chi connectivity index (χ4n) is 2.18. The summed E-state index contributed by atoms with van der Waals surface area (Å²) in [5.74, 6) is 0.971. The van der Waals surface area contributed by atoms with Crippen molar-refractivity contribution in [1.29, 1.82) is 0 Å². The number of hydrogen-bond acceptors (Lipinski definition) is 3. The third kappa shape index (κ3) is 1.97. The molecule has 0 radical (unpaired) electrons. The van der Waals surface area contributed by atoms with Gasteiger partial charge in [-0.25, -0.2) is 0 Å². The number of ether oxygens (including phenoxy) is 1. The van der Waals surface area contributed by atoms with Crippen molar-refractivity contribution in [2.45, 2.75) is 26.3 Å². The smallest absolute Gasteiger partial charge is 0.124 e. The number of aryl methyl sites for hydroxylation is 1. The van der Waals surface area contributed by atoms with Crippen molar-refractivity contribution in [3.63, 3.8) is 0 Å². The van der Waals surface area contributed by atoms with Crippen LogP contribution in [0.2, 0.25) is 0 Å². The van der Waals surface area contributed by atoms with Gasteiger partial charge in [-0.2, -0.15) is 5.48 Å². The van der Waals surface area contributed by atoms with Crippen LogP contribution in [0.5, 0.6) is 5.75 Å². The summed E-state index contributed by atoms with van der Waals surface area (Å²) in [5, 5.41) is 0. The average molecular weight is 286 g/mol. The second-order valence-electron chi connectivity index (χ2n) is 4.06. The Bertz CT molecular complexity index is 406. The van der Waals surface area contributed by atoms with Crippen LogP contribution in [0.15, 0.2) is 10.5 Å². The van der Waals surface area contributed by atoms with Gasteiger partial charge in [0, 0.05) is 16.5 Å². The Labute approximate surface area is 104 Å². The molecule has 4 heteroatoms. The molecule has 1 aromatic rings. The molecule has 0 aliphatic carbocycles. The Morgan fingerprint density at radius 3 is 2.94 bits per heavy atom. The van der Waals surface area contributed by atoms with Crippen molar-refractivity contribution in [2.24, 2.45) is 0 Å². The summed E-state index contributed by atoms with van der Waals surface area (Å²) < 4.78 is 6.85. The van der Waals surface area contributed by atoms with Crippen molar-refractivity contribution in [3.8, 4) is 5.75 Å². The highest BCUT2D eigenvalue weighted by atomic mass is 79.9. The summed E-state index contributed by atoms with van der Waals surface area (Å²) in [6.45, 7) is 4.91. The lowest BCUT2D eigenvalue weighted by Gasteiger charge is -2.28. The summed E-state index contributed by atoms with van der Waals surface area (Å²) in [5.41, 5.74) is 6.66. The van der Waals surface area contributed by atoms with Crippen LogP contribution in [-0.4, -0.2) is 13.7 Å². The maximum absolute atomic E-state index is 5.70. The Morgan fingerprint density at radius 2 is 2.25 bits per heavy atom. The van der Waals surface area contributed by atoms with E-state index in [0.717, 1.165) is 23.2 Å². The first-order chi connectivity index (χ1) is 7.65. The predicted octanol–water partition coefficient (Wildman–Crippen LogP) is 3.04. The number of nitrogens with one attached hydrogen (secondary N) is 1. The lowest BCUT2D eigenvalue weighted by Crippen LogP contribution is -2.27. The number of hydroxylamine groups is 1. The second-order valence-corrected chi connectivity index (χ2v) is 4.85. The Hall–Kier alpha value is -0.580. The molecule has 1 heterocycles. The first-order valence-corrected chi connectivity index (χ1v) is 6.15. The van der Waals surface area contributed by atoms with Crippen molar-refractivity contribution in [1.82, 2.24) is 5.48 Å². The molecule has 88 valence electrons. The van der Waals surface area contributed by atoms with Crippen LogP contribution in [0.25, 0.3) is 0 Å². The van der Waals surface area contributed by atoms with E-state index < -0.39 is 0 Å². The van der Waals surface area contributed by atoms with E-state index in [2.05, 4.69) is 41.3 Å². The Kier molecular flexibility index (Phi) is 3.52. The number of benzene rings is 1. The van der Waals surface area contributed by atoms with Gasteiger partial charge in [0.1, 0.15) is 5.75 Å². The van der Waals surface area contributed by atoms with Crippen LogP contribution in [0.1, 0.15) is 29.2 Å². The SMILES string of the molecule is CONC1CCOc2cc(C)c(Br)c(C)c21. The highest BCUT2D eigenvalue weighted by Crippen LogP contribution is 2.39. The molecule has 1 aliphatic rings. The number of fused-ring (bicyclic) bond motifs is 1. The molecule has 0 amide bonds. The lowest BCUT2D eigenvalue weighted by atomic mass is 9.95. The summed E-state index contributed by atoms with van der Waals surface area (Å²) in [7, 11) is 1.65. The van der Waals surface area contributed by atoms with Crippen LogP contribution < -0.4 is 10.2 Å². The minimum absolute atomic E-state index is 0.214. The zero-order valence-corrected chi connectivity index (χ0v) is 11.3. The fraction of sp³-hybridized carbons (Fsp3) is 0.500. The number of halogens is 1. The van der Waals surface area contributed by atoms with Crippen LogP contribution in [-0.2, 0) is 4.84 Å². The van der Waals surface area contributed by atoms with Gasteiger partial charge < -0.3 is 9.57 Å². The van der Waals surface area contributed by atoms with Crippen molar-refractivity contribution < 1.29 is 9.57 Å². The molecule has 0 aromatic heterocycles.